The van der Waals surface area contributed by atoms with Gasteiger partial charge in [0.1, 0.15) is 5.75 Å². The highest BCUT2D eigenvalue weighted by Gasteiger charge is 2.21. The van der Waals surface area contributed by atoms with Crippen molar-refractivity contribution in [3.05, 3.63) is 29.3 Å². The summed E-state index contributed by atoms with van der Waals surface area (Å²) in [6.45, 7) is 6.29. The Bertz CT molecular complexity index is 476. The normalized spacial score (nSPS) is 17.6. The van der Waals surface area contributed by atoms with Crippen molar-refractivity contribution in [2.75, 3.05) is 6.54 Å². The number of amides is 2. The van der Waals surface area contributed by atoms with Gasteiger partial charge in [-0.1, -0.05) is 19.9 Å². The van der Waals surface area contributed by atoms with E-state index in [1.165, 1.54) is 0 Å². The Morgan fingerprint density at radius 3 is 2.65 bits per heavy atom. The molecule has 1 unspecified atom stereocenters. The van der Waals surface area contributed by atoms with Crippen LogP contribution in [0.2, 0.25) is 0 Å². The van der Waals surface area contributed by atoms with Gasteiger partial charge in [0.25, 0.3) is 5.91 Å². The molecule has 0 radical (unpaired) electrons. The fraction of sp³-hybridized carbons (Fsp3) is 0.467. The molecule has 1 aromatic rings. The Morgan fingerprint density at radius 2 is 2.10 bits per heavy atom. The first kappa shape index (κ1) is 16.0. The lowest BCUT2D eigenvalue weighted by molar-refractivity contribution is -0.122. The first-order valence-electron chi connectivity index (χ1n) is 6.93. The van der Waals surface area contributed by atoms with Gasteiger partial charge in [-0.3, -0.25) is 9.59 Å². The van der Waals surface area contributed by atoms with E-state index in [9.17, 15) is 14.7 Å². The topological polar surface area (TPSA) is 78.4 Å². The Hall–Kier alpha value is -2.04. The summed E-state index contributed by atoms with van der Waals surface area (Å²) in [5.41, 5.74) is 1.16. The number of hydrogen-bond donors (Lipinski definition) is 3. The van der Waals surface area contributed by atoms with Gasteiger partial charge in [0.05, 0.1) is 5.56 Å². The highest BCUT2D eigenvalue weighted by atomic mass is 16.3. The Labute approximate surface area is 119 Å². The summed E-state index contributed by atoms with van der Waals surface area (Å²) >= 11 is 0. The fourth-order valence-electron chi connectivity index (χ4n) is 1.95. The molecule has 1 atom stereocenters. The maximum absolute atomic E-state index is 11.9. The van der Waals surface area contributed by atoms with Crippen molar-refractivity contribution in [1.29, 1.82) is 0 Å². The molecular weight excluding hydrogens is 256 g/mol. The average molecular weight is 278 g/mol. The van der Waals surface area contributed by atoms with E-state index < -0.39 is 0 Å². The molecule has 5 nitrogen and oxygen atoms in total. The summed E-state index contributed by atoms with van der Waals surface area (Å²) in [5.74, 6) is -0.320. The standard InChI is InChI=1S/C13H16N2O3.C2H6/c1-8-2-4-10(11(16)6-8)13(18)15-9-3-5-12(17)14-7-9;1-2/h2,4,6,9,16H,3,5,7H2,1H3,(H,14,17)(H,15,18);1-2H3. The molecule has 1 heterocycles. The molecule has 2 rings (SSSR count). The SMILES string of the molecule is CC.Cc1ccc(C(=O)NC2CCC(=O)NC2)c(O)c1. The molecule has 1 aliphatic rings. The minimum Gasteiger partial charge on any atom is -0.507 e. The molecular formula is C15H22N2O3. The zero-order valence-electron chi connectivity index (χ0n) is 12.2. The predicted molar refractivity (Wildman–Crippen MR) is 77.7 cm³/mol. The van der Waals surface area contributed by atoms with Crippen LogP contribution in [-0.4, -0.2) is 29.5 Å². The van der Waals surface area contributed by atoms with E-state index in [-0.39, 0.29) is 29.2 Å². The second-order valence-electron chi connectivity index (χ2n) is 4.53. The summed E-state index contributed by atoms with van der Waals surface area (Å²) in [4.78, 5) is 22.9. The number of phenolic OH excluding ortho intramolecular Hbond substituents is 1. The van der Waals surface area contributed by atoms with Gasteiger partial charge in [0.15, 0.2) is 0 Å². The maximum atomic E-state index is 11.9. The van der Waals surface area contributed by atoms with Crippen LogP contribution in [0.15, 0.2) is 18.2 Å². The third-order valence-electron chi connectivity index (χ3n) is 3.00. The predicted octanol–water partition coefficient (Wildman–Crippen LogP) is 1.74. The van der Waals surface area contributed by atoms with Crippen LogP contribution in [0.4, 0.5) is 0 Å². The number of benzene rings is 1. The quantitative estimate of drug-likeness (QED) is 0.771. The third-order valence-corrected chi connectivity index (χ3v) is 3.00. The van der Waals surface area contributed by atoms with Crippen molar-refractivity contribution in [1.82, 2.24) is 10.6 Å². The zero-order chi connectivity index (χ0) is 15.1. The van der Waals surface area contributed by atoms with Gasteiger partial charge in [-0.05, 0) is 31.0 Å². The Morgan fingerprint density at radius 1 is 1.40 bits per heavy atom. The van der Waals surface area contributed by atoms with Crippen LogP contribution < -0.4 is 10.6 Å². The fourth-order valence-corrected chi connectivity index (χ4v) is 1.95. The van der Waals surface area contributed by atoms with Crippen molar-refractivity contribution >= 4 is 11.8 Å². The minimum absolute atomic E-state index is 0.0127. The molecule has 20 heavy (non-hydrogen) atoms. The molecule has 0 saturated carbocycles. The molecule has 0 aliphatic carbocycles. The van der Waals surface area contributed by atoms with Crippen LogP contribution in [0.1, 0.15) is 42.6 Å². The molecule has 1 aromatic carbocycles. The van der Waals surface area contributed by atoms with Crippen LogP contribution in [0.25, 0.3) is 0 Å². The van der Waals surface area contributed by atoms with Crippen LogP contribution in [0.3, 0.4) is 0 Å². The van der Waals surface area contributed by atoms with Gasteiger partial charge in [-0.15, -0.1) is 0 Å². The van der Waals surface area contributed by atoms with E-state index in [4.69, 9.17) is 0 Å². The van der Waals surface area contributed by atoms with E-state index in [1.54, 1.807) is 18.2 Å². The van der Waals surface area contributed by atoms with Gasteiger partial charge < -0.3 is 15.7 Å². The number of carbonyl (C=O) groups is 2. The lowest BCUT2D eigenvalue weighted by Gasteiger charge is -2.23. The summed E-state index contributed by atoms with van der Waals surface area (Å²) in [7, 11) is 0. The van der Waals surface area contributed by atoms with Crippen LogP contribution in [0, 0.1) is 6.92 Å². The molecule has 3 N–H and O–H groups in total. The second-order valence-corrected chi connectivity index (χ2v) is 4.53. The average Bonchev–Trinajstić information content (AvgIpc) is 2.43. The van der Waals surface area contributed by atoms with Crippen molar-refractivity contribution in [3.63, 3.8) is 0 Å². The van der Waals surface area contributed by atoms with E-state index in [1.807, 2.05) is 20.8 Å². The number of aromatic hydroxyl groups is 1. The number of aryl methyl sites for hydroxylation is 1. The van der Waals surface area contributed by atoms with Crippen LogP contribution in [0.5, 0.6) is 5.75 Å². The van der Waals surface area contributed by atoms with Gasteiger partial charge in [0.2, 0.25) is 5.91 Å². The van der Waals surface area contributed by atoms with Crippen molar-refractivity contribution < 1.29 is 14.7 Å². The van der Waals surface area contributed by atoms with Crippen molar-refractivity contribution in [2.45, 2.75) is 39.7 Å². The van der Waals surface area contributed by atoms with Gasteiger partial charge in [0, 0.05) is 19.0 Å². The minimum atomic E-state index is -0.311. The van der Waals surface area contributed by atoms with E-state index >= 15 is 0 Å². The monoisotopic (exact) mass is 278 g/mol. The van der Waals surface area contributed by atoms with Crippen molar-refractivity contribution in [3.8, 4) is 5.75 Å². The number of phenols is 1. The zero-order valence-corrected chi connectivity index (χ0v) is 12.2. The third kappa shape index (κ3) is 4.26. The number of hydrogen-bond acceptors (Lipinski definition) is 3. The lowest BCUT2D eigenvalue weighted by atomic mass is 10.1. The van der Waals surface area contributed by atoms with E-state index in [2.05, 4.69) is 10.6 Å². The number of rotatable bonds is 2. The summed E-state index contributed by atoms with van der Waals surface area (Å²) in [5, 5.41) is 15.2. The number of piperidine rings is 1. The number of carbonyl (C=O) groups excluding carboxylic acids is 2. The first-order valence-corrected chi connectivity index (χ1v) is 6.93. The van der Waals surface area contributed by atoms with Gasteiger partial charge in [-0.25, -0.2) is 0 Å². The summed E-state index contributed by atoms with van der Waals surface area (Å²) in [6.07, 6.45) is 1.05. The largest absolute Gasteiger partial charge is 0.507 e. The molecule has 110 valence electrons. The molecule has 2 amide bonds. The van der Waals surface area contributed by atoms with Gasteiger partial charge >= 0.3 is 0 Å². The Balaban J connectivity index is 0.000000956. The highest BCUT2D eigenvalue weighted by Crippen LogP contribution is 2.18. The van der Waals surface area contributed by atoms with Crippen LogP contribution in [-0.2, 0) is 4.79 Å². The molecule has 5 heteroatoms. The maximum Gasteiger partial charge on any atom is 0.255 e. The Kier molecular flexibility index (Phi) is 6.03. The molecule has 0 spiro atoms. The molecule has 1 saturated heterocycles. The highest BCUT2D eigenvalue weighted by molar-refractivity contribution is 5.97. The molecule has 1 aliphatic heterocycles. The van der Waals surface area contributed by atoms with Crippen LogP contribution >= 0.6 is 0 Å². The second kappa shape index (κ2) is 7.53. The van der Waals surface area contributed by atoms with Crippen molar-refractivity contribution in [2.24, 2.45) is 0 Å². The van der Waals surface area contributed by atoms with E-state index in [0.717, 1.165) is 5.56 Å². The van der Waals surface area contributed by atoms with Gasteiger partial charge in [-0.2, -0.15) is 0 Å². The lowest BCUT2D eigenvalue weighted by Crippen LogP contribution is -2.47. The van der Waals surface area contributed by atoms with E-state index in [0.29, 0.717) is 19.4 Å². The number of nitrogens with one attached hydrogen (secondary N) is 2. The summed E-state index contributed by atoms with van der Waals surface area (Å²) < 4.78 is 0. The first-order chi connectivity index (χ1) is 9.56. The molecule has 0 aromatic heterocycles. The molecule has 0 bridgehead atoms. The summed E-state index contributed by atoms with van der Waals surface area (Å²) in [6, 6.07) is 4.85. The molecule has 1 fully saturated rings. The smallest absolute Gasteiger partial charge is 0.255 e.